The Labute approximate surface area is 119 Å². The van der Waals surface area contributed by atoms with E-state index >= 15 is 0 Å². The van der Waals surface area contributed by atoms with Crippen molar-refractivity contribution in [3.63, 3.8) is 0 Å². The number of hydrogen-bond donors (Lipinski definition) is 2. The van der Waals surface area contributed by atoms with Crippen molar-refractivity contribution in [3.05, 3.63) is 23.8 Å². The number of rotatable bonds is 4. The number of aryl methyl sites for hydroxylation is 1. The monoisotopic (exact) mass is 278 g/mol. The van der Waals surface area contributed by atoms with E-state index in [9.17, 15) is 4.79 Å². The van der Waals surface area contributed by atoms with Gasteiger partial charge in [0.2, 0.25) is 0 Å². The van der Waals surface area contributed by atoms with Gasteiger partial charge in [-0.05, 0) is 44.4 Å². The lowest BCUT2D eigenvalue weighted by Gasteiger charge is -2.20. The molecule has 1 saturated heterocycles. The van der Waals surface area contributed by atoms with E-state index in [1.807, 2.05) is 32.0 Å². The van der Waals surface area contributed by atoms with Crippen LogP contribution >= 0.6 is 0 Å². The molecule has 0 bridgehead atoms. The largest absolute Gasteiger partial charge is 0.495 e. The summed E-state index contributed by atoms with van der Waals surface area (Å²) >= 11 is 0. The third kappa shape index (κ3) is 3.63. The predicted octanol–water partition coefficient (Wildman–Crippen LogP) is 2.69. The zero-order chi connectivity index (χ0) is 14.5. The minimum absolute atomic E-state index is 0.00620. The smallest absolute Gasteiger partial charge is 0.319 e. The molecule has 1 fully saturated rings. The molecule has 5 heteroatoms. The lowest BCUT2D eigenvalue weighted by atomic mass is 10.1. The standard InChI is InChI=1S/C15H22N2O3/c1-10-6-7-14(19-3)12(9-10)17-15(18)16-11(2)13-5-4-8-20-13/h6-7,9,11,13H,4-5,8H2,1-3H3,(H2,16,17,18)/t11-,13+/m0/s1. The number of carbonyl (C=O) groups excluding carboxylic acids is 1. The fraction of sp³-hybridized carbons (Fsp3) is 0.533. The van der Waals surface area contributed by atoms with Crippen molar-refractivity contribution in [2.45, 2.75) is 38.8 Å². The third-order valence-corrected chi connectivity index (χ3v) is 3.48. The summed E-state index contributed by atoms with van der Waals surface area (Å²) < 4.78 is 10.8. The van der Waals surface area contributed by atoms with Crippen molar-refractivity contribution in [1.29, 1.82) is 0 Å². The maximum atomic E-state index is 12.0. The minimum atomic E-state index is -0.239. The lowest BCUT2D eigenvalue weighted by molar-refractivity contribution is 0.0868. The second-order valence-electron chi connectivity index (χ2n) is 5.14. The van der Waals surface area contributed by atoms with Gasteiger partial charge in [0, 0.05) is 6.61 Å². The first-order chi connectivity index (χ1) is 9.60. The van der Waals surface area contributed by atoms with Gasteiger partial charge in [-0.3, -0.25) is 0 Å². The van der Waals surface area contributed by atoms with Crippen LogP contribution in [0.2, 0.25) is 0 Å². The molecule has 110 valence electrons. The van der Waals surface area contributed by atoms with Crippen LogP contribution in [0.5, 0.6) is 5.75 Å². The number of benzene rings is 1. The number of carbonyl (C=O) groups is 1. The molecule has 0 spiro atoms. The molecule has 1 aromatic carbocycles. The molecule has 1 aliphatic heterocycles. The summed E-state index contributed by atoms with van der Waals surface area (Å²) in [7, 11) is 1.59. The fourth-order valence-corrected chi connectivity index (χ4v) is 2.37. The highest BCUT2D eigenvalue weighted by molar-refractivity contribution is 5.91. The normalized spacial score (nSPS) is 19.4. The van der Waals surface area contributed by atoms with Crippen molar-refractivity contribution in [1.82, 2.24) is 5.32 Å². The molecule has 0 aromatic heterocycles. The zero-order valence-corrected chi connectivity index (χ0v) is 12.2. The average Bonchev–Trinajstić information content (AvgIpc) is 2.92. The Bertz CT molecular complexity index is 470. The van der Waals surface area contributed by atoms with Crippen molar-refractivity contribution in [2.75, 3.05) is 19.0 Å². The maximum absolute atomic E-state index is 12.0. The first-order valence-electron chi connectivity index (χ1n) is 6.94. The van der Waals surface area contributed by atoms with E-state index in [0.29, 0.717) is 11.4 Å². The van der Waals surface area contributed by atoms with Crippen LogP contribution < -0.4 is 15.4 Å². The van der Waals surface area contributed by atoms with Gasteiger partial charge < -0.3 is 20.1 Å². The van der Waals surface area contributed by atoms with E-state index in [-0.39, 0.29) is 18.2 Å². The van der Waals surface area contributed by atoms with Gasteiger partial charge >= 0.3 is 6.03 Å². The van der Waals surface area contributed by atoms with Crippen LogP contribution in [-0.4, -0.2) is 31.9 Å². The summed E-state index contributed by atoms with van der Waals surface area (Å²) in [6.45, 7) is 4.71. The van der Waals surface area contributed by atoms with Crippen LogP contribution in [0.25, 0.3) is 0 Å². The van der Waals surface area contributed by atoms with E-state index in [1.54, 1.807) is 7.11 Å². The highest BCUT2D eigenvalue weighted by atomic mass is 16.5. The second-order valence-corrected chi connectivity index (χ2v) is 5.14. The van der Waals surface area contributed by atoms with Gasteiger partial charge in [0.25, 0.3) is 0 Å². The number of amides is 2. The predicted molar refractivity (Wildman–Crippen MR) is 78.3 cm³/mol. The van der Waals surface area contributed by atoms with E-state index in [4.69, 9.17) is 9.47 Å². The molecule has 0 saturated carbocycles. The summed E-state index contributed by atoms with van der Waals surface area (Å²) in [5, 5.41) is 5.74. The molecule has 2 amide bonds. The zero-order valence-electron chi connectivity index (χ0n) is 12.2. The Morgan fingerprint density at radius 1 is 1.50 bits per heavy atom. The lowest BCUT2D eigenvalue weighted by Crippen LogP contribution is -2.43. The van der Waals surface area contributed by atoms with Crippen molar-refractivity contribution in [3.8, 4) is 5.75 Å². The summed E-state index contributed by atoms with van der Waals surface area (Å²) in [6, 6.07) is 5.42. The summed E-state index contributed by atoms with van der Waals surface area (Å²) in [6.07, 6.45) is 2.17. The summed E-state index contributed by atoms with van der Waals surface area (Å²) in [4.78, 5) is 12.0. The molecule has 20 heavy (non-hydrogen) atoms. The van der Waals surface area contributed by atoms with Crippen molar-refractivity contribution in [2.24, 2.45) is 0 Å². The van der Waals surface area contributed by atoms with Gasteiger partial charge in [0.05, 0.1) is 24.9 Å². The van der Waals surface area contributed by atoms with Gasteiger partial charge in [-0.2, -0.15) is 0 Å². The molecular formula is C15H22N2O3. The van der Waals surface area contributed by atoms with Crippen LogP contribution in [0.3, 0.4) is 0 Å². The highest BCUT2D eigenvalue weighted by Crippen LogP contribution is 2.25. The van der Waals surface area contributed by atoms with Gasteiger partial charge in [-0.25, -0.2) is 4.79 Å². The van der Waals surface area contributed by atoms with Gasteiger partial charge in [-0.1, -0.05) is 6.07 Å². The molecular weight excluding hydrogens is 256 g/mol. The second kappa shape index (κ2) is 6.61. The summed E-state index contributed by atoms with van der Waals surface area (Å²) in [5.74, 6) is 0.649. The number of anilines is 1. The molecule has 0 unspecified atom stereocenters. The van der Waals surface area contributed by atoms with Crippen LogP contribution in [-0.2, 0) is 4.74 Å². The first kappa shape index (κ1) is 14.7. The number of urea groups is 1. The molecule has 1 heterocycles. The van der Waals surface area contributed by atoms with E-state index in [0.717, 1.165) is 25.0 Å². The molecule has 2 rings (SSSR count). The Morgan fingerprint density at radius 2 is 2.30 bits per heavy atom. The van der Waals surface area contributed by atoms with E-state index < -0.39 is 0 Å². The van der Waals surface area contributed by atoms with Crippen molar-refractivity contribution < 1.29 is 14.3 Å². The van der Waals surface area contributed by atoms with Crippen LogP contribution in [0.4, 0.5) is 10.5 Å². The Morgan fingerprint density at radius 3 is 2.95 bits per heavy atom. The Hall–Kier alpha value is -1.75. The number of ether oxygens (including phenoxy) is 2. The molecule has 0 radical (unpaired) electrons. The number of hydrogen-bond acceptors (Lipinski definition) is 3. The number of methoxy groups -OCH3 is 1. The molecule has 2 N–H and O–H groups in total. The molecule has 1 aromatic rings. The average molecular weight is 278 g/mol. The minimum Gasteiger partial charge on any atom is -0.495 e. The topological polar surface area (TPSA) is 59.6 Å². The molecule has 0 aliphatic carbocycles. The Balaban J connectivity index is 1.95. The van der Waals surface area contributed by atoms with Crippen LogP contribution in [0.1, 0.15) is 25.3 Å². The van der Waals surface area contributed by atoms with Crippen LogP contribution in [0.15, 0.2) is 18.2 Å². The van der Waals surface area contributed by atoms with Gasteiger partial charge in [-0.15, -0.1) is 0 Å². The highest BCUT2D eigenvalue weighted by Gasteiger charge is 2.23. The number of nitrogens with one attached hydrogen (secondary N) is 2. The Kier molecular flexibility index (Phi) is 4.84. The SMILES string of the molecule is COc1ccc(C)cc1NC(=O)N[C@@H](C)[C@H]1CCCO1. The fourth-order valence-electron chi connectivity index (χ4n) is 2.37. The quantitative estimate of drug-likeness (QED) is 0.890. The third-order valence-electron chi connectivity index (χ3n) is 3.48. The maximum Gasteiger partial charge on any atom is 0.319 e. The first-order valence-corrected chi connectivity index (χ1v) is 6.94. The van der Waals surface area contributed by atoms with Gasteiger partial charge in [0.15, 0.2) is 0 Å². The summed E-state index contributed by atoms with van der Waals surface area (Å²) in [5.41, 5.74) is 1.73. The van der Waals surface area contributed by atoms with E-state index in [2.05, 4.69) is 10.6 Å². The van der Waals surface area contributed by atoms with Gasteiger partial charge in [0.1, 0.15) is 5.75 Å². The molecule has 1 aliphatic rings. The van der Waals surface area contributed by atoms with E-state index in [1.165, 1.54) is 0 Å². The van der Waals surface area contributed by atoms with Crippen molar-refractivity contribution >= 4 is 11.7 Å². The van der Waals surface area contributed by atoms with Crippen LogP contribution in [0, 0.1) is 6.92 Å². The molecule has 2 atom stereocenters. The molecule has 5 nitrogen and oxygen atoms in total.